The molecule has 0 radical (unpaired) electrons. The van der Waals surface area contributed by atoms with E-state index >= 15 is 0 Å². The van der Waals surface area contributed by atoms with Crippen LogP contribution in [0.25, 0.3) is 22.5 Å². The molecule has 4 rings (SSSR count). The normalized spacial score (nSPS) is 11.6. The Morgan fingerprint density at radius 3 is 2.08 bits per heavy atom. The number of amides is 1. The molecule has 3 aromatic carbocycles. The summed E-state index contributed by atoms with van der Waals surface area (Å²) in [5.41, 5.74) is 3.56. The van der Waals surface area contributed by atoms with Gasteiger partial charge in [-0.2, -0.15) is 0 Å². The average molecular weight is 556 g/mol. The topological polar surface area (TPSA) is 97.4 Å². The van der Waals surface area contributed by atoms with Crippen LogP contribution in [-0.4, -0.2) is 38.5 Å². The van der Waals surface area contributed by atoms with Gasteiger partial charge in [0.15, 0.2) is 9.84 Å². The van der Waals surface area contributed by atoms with E-state index in [9.17, 15) is 26.4 Å². The second-order valence-electron chi connectivity index (χ2n) is 8.56. The lowest BCUT2D eigenvalue weighted by Gasteiger charge is -2.14. The van der Waals surface area contributed by atoms with E-state index in [1.807, 2.05) is 6.92 Å². The highest BCUT2D eigenvalue weighted by atomic mass is 32.2. The van der Waals surface area contributed by atoms with Gasteiger partial charge < -0.3 is 15.4 Å². The molecule has 0 aliphatic rings. The van der Waals surface area contributed by atoms with Crippen molar-refractivity contribution in [2.45, 2.75) is 18.2 Å². The van der Waals surface area contributed by atoms with Gasteiger partial charge in [-0.25, -0.2) is 13.4 Å². The number of ether oxygens (including phenoxy) is 1. The summed E-state index contributed by atoms with van der Waals surface area (Å²) in [6.07, 6.45) is -3.69. The number of alkyl halides is 3. The minimum absolute atomic E-state index is 0.125. The van der Waals surface area contributed by atoms with Crippen LogP contribution in [0.15, 0.2) is 89.8 Å². The van der Waals surface area contributed by atoms with E-state index in [4.69, 9.17) is 4.98 Å². The van der Waals surface area contributed by atoms with E-state index in [0.717, 1.165) is 6.26 Å². The Balaban J connectivity index is 1.77. The van der Waals surface area contributed by atoms with Crippen LogP contribution in [0, 0.1) is 0 Å². The number of sulfone groups is 1. The number of anilines is 2. The van der Waals surface area contributed by atoms with Crippen LogP contribution in [0.3, 0.4) is 0 Å². The predicted octanol–water partition coefficient (Wildman–Crippen LogP) is 6.21. The first-order chi connectivity index (χ1) is 18.4. The maximum absolute atomic E-state index is 12.5. The number of nitrogens with one attached hydrogen (secondary N) is 2. The molecule has 39 heavy (non-hydrogen) atoms. The molecule has 0 fully saturated rings. The second-order valence-corrected chi connectivity index (χ2v) is 10.6. The molecule has 0 aliphatic carbocycles. The monoisotopic (exact) mass is 555 g/mol. The molecular formula is C28H24F3N3O4S. The average Bonchev–Trinajstić information content (AvgIpc) is 2.89. The fraction of sp³-hybridized carbons (Fsp3) is 0.143. The van der Waals surface area contributed by atoms with Crippen molar-refractivity contribution in [2.75, 3.05) is 18.1 Å². The Morgan fingerprint density at radius 2 is 1.49 bits per heavy atom. The van der Waals surface area contributed by atoms with Crippen LogP contribution in [0.1, 0.15) is 17.3 Å². The summed E-state index contributed by atoms with van der Waals surface area (Å²) in [4.78, 5) is 17.2. The summed E-state index contributed by atoms with van der Waals surface area (Å²) >= 11 is 0. The summed E-state index contributed by atoms with van der Waals surface area (Å²) in [5, 5.41) is 5.89. The van der Waals surface area contributed by atoms with Crippen molar-refractivity contribution in [1.82, 2.24) is 10.3 Å². The van der Waals surface area contributed by atoms with E-state index in [1.165, 1.54) is 36.4 Å². The smallest absolute Gasteiger partial charge is 0.406 e. The number of pyridine rings is 1. The molecule has 0 bridgehead atoms. The molecule has 0 aliphatic heterocycles. The van der Waals surface area contributed by atoms with Gasteiger partial charge in [-0.05, 0) is 67.6 Å². The molecule has 202 valence electrons. The lowest BCUT2D eigenvalue weighted by molar-refractivity contribution is -0.274. The highest BCUT2D eigenvalue weighted by molar-refractivity contribution is 7.90. The fourth-order valence-electron chi connectivity index (χ4n) is 3.77. The quantitative estimate of drug-likeness (QED) is 0.268. The highest BCUT2D eigenvalue weighted by Crippen LogP contribution is 2.31. The molecule has 7 nitrogen and oxygen atoms in total. The van der Waals surface area contributed by atoms with Crippen molar-refractivity contribution >= 4 is 27.1 Å². The molecule has 11 heteroatoms. The Kier molecular flexibility index (Phi) is 7.91. The molecular weight excluding hydrogens is 531 g/mol. The maximum Gasteiger partial charge on any atom is 0.573 e. The molecule has 1 amide bonds. The third kappa shape index (κ3) is 7.35. The van der Waals surface area contributed by atoms with Crippen molar-refractivity contribution in [3.8, 4) is 28.3 Å². The first-order valence-electron chi connectivity index (χ1n) is 11.8. The molecule has 2 N–H and O–H groups in total. The summed E-state index contributed by atoms with van der Waals surface area (Å²) in [5.74, 6) is -0.597. The van der Waals surface area contributed by atoms with Gasteiger partial charge in [-0.1, -0.05) is 24.3 Å². The molecule has 0 unspecified atom stereocenters. The first kappa shape index (κ1) is 27.6. The molecule has 0 saturated carbocycles. The van der Waals surface area contributed by atoms with Crippen molar-refractivity contribution < 1.29 is 31.1 Å². The Labute approximate surface area is 223 Å². The van der Waals surface area contributed by atoms with E-state index in [1.54, 1.807) is 48.5 Å². The number of hydrogen-bond acceptors (Lipinski definition) is 6. The number of aromatic nitrogens is 1. The van der Waals surface area contributed by atoms with Crippen molar-refractivity contribution in [2.24, 2.45) is 0 Å². The number of halogens is 3. The number of benzene rings is 3. The Morgan fingerprint density at radius 1 is 0.872 bits per heavy atom. The number of hydrogen-bond donors (Lipinski definition) is 2. The zero-order chi connectivity index (χ0) is 28.2. The van der Waals surface area contributed by atoms with Crippen LogP contribution in [0.4, 0.5) is 24.5 Å². The van der Waals surface area contributed by atoms with Crippen molar-refractivity contribution in [3.63, 3.8) is 0 Å². The van der Waals surface area contributed by atoms with E-state index in [-0.39, 0.29) is 16.6 Å². The third-order valence-corrected chi connectivity index (χ3v) is 6.63. The van der Waals surface area contributed by atoms with Gasteiger partial charge in [-0.15, -0.1) is 13.2 Å². The van der Waals surface area contributed by atoms with Crippen LogP contribution in [0.5, 0.6) is 5.75 Å². The first-order valence-corrected chi connectivity index (χ1v) is 13.6. The third-order valence-electron chi connectivity index (χ3n) is 5.52. The van der Waals surface area contributed by atoms with E-state index in [2.05, 4.69) is 15.4 Å². The van der Waals surface area contributed by atoms with Crippen LogP contribution in [0.2, 0.25) is 0 Å². The number of carbonyl (C=O) groups excluding carboxylic acids is 1. The minimum atomic E-state index is -4.80. The van der Waals surface area contributed by atoms with Gasteiger partial charge in [0.1, 0.15) is 5.75 Å². The zero-order valence-corrected chi connectivity index (χ0v) is 21.7. The van der Waals surface area contributed by atoms with Gasteiger partial charge in [0.05, 0.1) is 16.3 Å². The Bertz CT molecular complexity index is 1610. The zero-order valence-electron chi connectivity index (χ0n) is 20.9. The molecule has 0 saturated heterocycles. The van der Waals surface area contributed by atoms with Crippen molar-refractivity contribution in [1.29, 1.82) is 0 Å². The number of rotatable bonds is 8. The summed E-state index contributed by atoms with van der Waals surface area (Å²) < 4.78 is 65.7. The lowest BCUT2D eigenvalue weighted by Crippen LogP contribution is -2.22. The van der Waals surface area contributed by atoms with E-state index < -0.39 is 16.2 Å². The minimum Gasteiger partial charge on any atom is -0.406 e. The summed E-state index contributed by atoms with van der Waals surface area (Å²) in [6, 6.07) is 21.9. The van der Waals surface area contributed by atoms with Gasteiger partial charge in [0.25, 0.3) is 5.91 Å². The number of nitrogens with zero attached hydrogens (tertiary/aromatic N) is 1. The van der Waals surface area contributed by atoms with E-state index in [0.29, 0.717) is 46.0 Å². The number of carbonyl (C=O) groups is 1. The SMILES string of the molecule is CCNC(=O)c1cccc(-c2cc(Nc3ccc(OC(F)(F)F)cc3)cc(-c3cccc(S(C)(=O)=O)c3)n2)c1. The van der Waals surface area contributed by atoms with Gasteiger partial charge in [0, 0.05) is 40.9 Å². The van der Waals surface area contributed by atoms with Crippen LogP contribution in [-0.2, 0) is 9.84 Å². The van der Waals surface area contributed by atoms with Crippen LogP contribution >= 0.6 is 0 Å². The highest BCUT2D eigenvalue weighted by Gasteiger charge is 2.31. The maximum atomic E-state index is 12.5. The van der Waals surface area contributed by atoms with Gasteiger partial charge in [-0.3, -0.25) is 4.79 Å². The fourth-order valence-corrected chi connectivity index (χ4v) is 4.44. The molecule has 0 spiro atoms. The summed E-state index contributed by atoms with van der Waals surface area (Å²) in [6.45, 7) is 2.28. The van der Waals surface area contributed by atoms with Crippen LogP contribution < -0.4 is 15.4 Å². The van der Waals surface area contributed by atoms with Gasteiger partial charge in [0.2, 0.25) is 0 Å². The molecule has 1 heterocycles. The van der Waals surface area contributed by atoms with Crippen molar-refractivity contribution in [3.05, 3.63) is 90.5 Å². The molecule has 0 atom stereocenters. The predicted molar refractivity (Wildman–Crippen MR) is 143 cm³/mol. The molecule has 1 aromatic heterocycles. The standard InChI is InChI=1S/C28H24F3N3O4S/c1-3-32-27(35)20-8-4-6-18(14-20)25-16-22(33-21-10-12-23(13-11-21)38-28(29,30)31)17-26(34-25)19-7-5-9-24(15-19)39(2,36)37/h4-17H,3H2,1-2H3,(H,32,35)(H,33,34). The van der Waals surface area contributed by atoms with Gasteiger partial charge >= 0.3 is 6.36 Å². The molecule has 4 aromatic rings. The largest absolute Gasteiger partial charge is 0.573 e. The summed E-state index contributed by atoms with van der Waals surface area (Å²) in [7, 11) is -3.47. The second kappa shape index (κ2) is 11.2. The Hall–Kier alpha value is -4.38. The lowest BCUT2D eigenvalue weighted by atomic mass is 10.0.